The van der Waals surface area contributed by atoms with Crippen molar-refractivity contribution in [3.63, 3.8) is 0 Å². The van der Waals surface area contributed by atoms with Crippen molar-refractivity contribution in [2.24, 2.45) is 0 Å². The maximum Gasteiger partial charge on any atom is 0.233 e. The maximum atomic E-state index is 13.1. The van der Waals surface area contributed by atoms with E-state index in [1.54, 1.807) is 21.9 Å². The predicted molar refractivity (Wildman–Crippen MR) is 130 cm³/mol. The summed E-state index contributed by atoms with van der Waals surface area (Å²) in [6.45, 7) is 5.67. The molecule has 1 fully saturated rings. The number of benzene rings is 2. The zero-order valence-electron chi connectivity index (χ0n) is 19.1. The van der Waals surface area contributed by atoms with Gasteiger partial charge in [-0.3, -0.25) is 9.59 Å². The molecule has 0 atom stereocenters. The van der Waals surface area contributed by atoms with Gasteiger partial charge in [-0.05, 0) is 31.1 Å². The summed E-state index contributed by atoms with van der Waals surface area (Å²) >= 11 is 0. The lowest BCUT2D eigenvalue weighted by atomic mass is 9.83. The number of nitrogens with one attached hydrogen (secondary N) is 1. The summed E-state index contributed by atoms with van der Waals surface area (Å²) in [6, 6.07) is 18.8. The largest absolute Gasteiger partial charge is 0.339 e. The summed E-state index contributed by atoms with van der Waals surface area (Å²) in [5, 5.41) is 1.10. The molecule has 8 heteroatoms. The van der Waals surface area contributed by atoms with E-state index >= 15 is 0 Å². The van der Waals surface area contributed by atoms with E-state index in [-0.39, 0.29) is 24.8 Å². The Hall–Kier alpha value is -2.97. The number of hydrogen-bond acceptors (Lipinski definition) is 4. The zero-order valence-corrected chi connectivity index (χ0v) is 19.9. The third kappa shape index (κ3) is 6.76. The fourth-order valence-corrected chi connectivity index (χ4v) is 4.59. The molecule has 1 aliphatic rings. The summed E-state index contributed by atoms with van der Waals surface area (Å²) in [4.78, 5) is 29.1. The molecule has 1 heterocycles. The Morgan fingerprint density at radius 1 is 0.909 bits per heavy atom. The summed E-state index contributed by atoms with van der Waals surface area (Å²) in [5.74, 6) is -0.0853. The minimum Gasteiger partial charge on any atom is -0.339 e. The van der Waals surface area contributed by atoms with Gasteiger partial charge in [-0.1, -0.05) is 60.7 Å². The zero-order chi connectivity index (χ0) is 23.9. The number of amides is 2. The first-order valence-electron chi connectivity index (χ1n) is 11.0. The van der Waals surface area contributed by atoms with Crippen molar-refractivity contribution in [1.29, 1.82) is 0 Å². The van der Waals surface area contributed by atoms with Crippen LogP contribution in [0.15, 0.2) is 66.1 Å². The minimum atomic E-state index is -3.62. The minimum absolute atomic E-state index is 0.0283. The fourth-order valence-electron chi connectivity index (χ4n) is 3.77. The smallest absolute Gasteiger partial charge is 0.233 e. The molecular weight excluding hydrogens is 438 g/mol. The molecule has 7 nitrogen and oxygen atoms in total. The van der Waals surface area contributed by atoms with E-state index in [0.29, 0.717) is 26.2 Å². The van der Waals surface area contributed by atoms with Crippen molar-refractivity contribution in [3.8, 4) is 0 Å². The summed E-state index contributed by atoms with van der Waals surface area (Å²) in [6.07, 6.45) is 1.58. The van der Waals surface area contributed by atoms with Crippen LogP contribution < -0.4 is 4.72 Å². The molecule has 1 N–H and O–H groups in total. The molecule has 2 aromatic carbocycles. The second-order valence-electron chi connectivity index (χ2n) is 8.57. The van der Waals surface area contributed by atoms with Crippen LogP contribution in [-0.4, -0.2) is 62.8 Å². The van der Waals surface area contributed by atoms with E-state index in [4.69, 9.17) is 0 Å². The highest BCUT2D eigenvalue weighted by Crippen LogP contribution is 2.26. The Kier molecular flexibility index (Phi) is 8.05. The van der Waals surface area contributed by atoms with E-state index in [0.717, 1.165) is 16.5 Å². The van der Waals surface area contributed by atoms with Crippen LogP contribution in [0.3, 0.4) is 0 Å². The van der Waals surface area contributed by atoms with Crippen molar-refractivity contribution in [2.45, 2.75) is 25.7 Å². The number of nitrogens with zero attached hydrogens (tertiary/aromatic N) is 2. The lowest BCUT2D eigenvalue weighted by molar-refractivity contribution is -0.142. The molecule has 0 aliphatic carbocycles. The standard InChI is InChI=1S/C25H31N3O4S/c1-25(2,22-11-7-4-8-12-22)24(30)28-18-16-27(17-19-28)23(29)13-15-26-33(31,32)20-14-21-9-5-3-6-10-21/h3-12,14,20,26H,13,15-19H2,1-2H3/b20-14+. The van der Waals surface area contributed by atoms with Crippen molar-refractivity contribution in [1.82, 2.24) is 14.5 Å². The number of piperazine rings is 1. The van der Waals surface area contributed by atoms with Gasteiger partial charge in [0, 0.05) is 44.6 Å². The van der Waals surface area contributed by atoms with Crippen molar-refractivity contribution >= 4 is 27.9 Å². The van der Waals surface area contributed by atoms with E-state index in [1.807, 2.05) is 62.4 Å². The molecule has 3 rings (SSSR count). The third-order valence-electron chi connectivity index (χ3n) is 5.83. The third-order valence-corrected chi connectivity index (χ3v) is 6.93. The molecule has 176 valence electrons. The molecule has 33 heavy (non-hydrogen) atoms. The monoisotopic (exact) mass is 469 g/mol. The molecule has 1 aliphatic heterocycles. The number of rotatable bonds is 8. The van der Waals surface area contributed by atoms with Gasteiger partial charge in [0.05, 0.1) is 5.41 Å². The Morgan fingerprint density at radius 3 is 2.06 bits per heavy atom. The lowest BCUT2D eigenvalue weighted by Gasteiger charge is -2.38. The molecule has 0 radical (unpaired) electrons. The normalized spacial score (nSPS) is 15.1. The Balaban J connectivity index is 1.45. The van der Waals surface area contributed by atoms with Gasteiger partial charge < -0.3 is 9.80 Å². The number of sulfonamides is 1. The van der Waals surface area contributed by atoms with Crippen LogP contribution in [0.25, 0.3) is 6.08 Å². The lowest BCUT2D eigenvalue weighted by Crippen LogP contribution is -2.54. The Bertz CT molecular complexity index is 1080. The first kappa shape index (κ1) is 24.7. The van der Waals surface area contributed by atoms with Crippen molar-refractivity contribution in [3.05, 3.63) is 77.2 Å². The second kappa shape index (κ2) is 10.8. The maximum absolute atomic E-state index is 13.1. The SMILES string of the molecule is CC(C)(C(=O)N1CCN(C(=O)CCNS(=O)(=O)/C=C/c2ccccc2)CC1)c1ccccc1. The molecule has 1 saturated heterocycles. The molecule has 2 aromatic rings. The van der Waals surface area contributed by atoms with Crippen LogP contribution in [0.1, 0.15) is 31.4 Å². The average Bonchev–Trinajstić information content (AvgIpc) is 2.83. The summed E-state index contributed by atoms with van der Waals surface area (Å²) in [5.41, 5.74) is 1.10. The van der Waals surface area contributed by atoms with Gasteiger partial charge in [-0.2, -0.15) is 0 Å². The highest BCUT2D eigenvalue weighted by molar-refractivity contribution is 7.92. The molecule has 0 bridgehead atoms. The van der Waals surface area contributed by atoms with Crippen LogP contribution in [0.5, 0.6) is 0 Å². The van der Waals surface area contributed by atoms with Gasteiger partial charge in [0.25, 0.3) is 0 Å². The molecule has 0 aromatic heterocycles. The summed E-state index contributed by atoms with van der Waals surface area (Å²) in [7, 11) is -3.62. The van der Waals surface area contributed by atoms with E-state index in [2.05, 4.69) is 4.72 Å². The van der Waals surface area contributed by atoms with Crippen molar-refractivity contribution in [2.75, 3.05) is 32.7 Å². The molecule has 0 saturated carbocycles. The van der Waals surface area contributed by atoms with Crippen LogP contribution in [-0.2, 0) is 25.0 Å². The number of carbonyl (C=O) groups excluding carboxylic acids is 2. The molecular formula is C25H31N3O4S. The van der Waals surface area contributed by atoms with E-state index < -0.39 is 15.4 Å². The van der Waals surface area contributed by atoms with Crippen LogP contribution in [0.2, 0.25) is 0 Å². The van der Waals surface area contributed by atoms with Gasteiger partial charge in [0.1, 0.15) is 0 Å². The topological polar surface area (TPSA) is 86.8 Å². The number of carbonyl (C=O) groups is 2. The first-order valence-corrected chi connectivity index (χ1v) is 12.6. The van der Waals surface area contributed by atoms with E-state index in [1.165, 1.54) is 6.08 Å². The fraction of sp³-hybridized carbons (Fsp3) is 0.360. The molecule has 2 amide bonds. The highest BCUT2D eigenvalue weighted by atomic mass is 32.2. The quantitative estimate of drug-likeness (QED) is 0.644. The Morgan fingerprint density at radius 2 is 1.45 bits per heavy atom. The second-order valence-corrected chi connectivity index (χ2v) is 10.2. The first-order chi connectivity index (χ1) is 15.7. The average molecular weight is 470 g/mol. The summed E-state index contributed by atoms with van der Waals surface area (Å²) < 4.78 is 26.7. The van der Waals surface area contributed by atoms with Gasteiger partial charge in [-0.25, -0.2) is 13.1 Å². The number of hydrogen-bond donors (Lipinski definition) is 1. The van der Waals surface area contributed by atoms with Crippen LogP contribution in [0, 0.1) is 0 Å². The predicted octanol–water partition coefficient (Wildman–Crippen LogP) is 2.62. The van der Waals surface area contributed by atoms with Gasteiger partial charge in [-0.15, -0.1) is 0 Å². The highest BCUT2D eigenvalue weighted by Gasteiger charge is 2.35. The van der Waals surface area contributed by atoms with Crippen molar-refractivity contribution < 1.29 is 18.0 Å². The van der Waals surface area contributed by atoms with Gasteiger partial charge in [0.2, 0.25) is 21.8 Å². The van der Waals surface area contributed by atoms with Gasteiger partial charge >= 0.3 is 0 Å². The Labute approximate surface area is 196 Å². The van der Waals surface area contributed by atoms with E-state index in [9.17, 15) is 18.0 Å². The molecule has 0 spiro atoms. The van der Waals surface area contributed by atoms with Gasteiger partial charge in [0.15, 0.2) is 0 Å². The van der Waals surface area contributed by atoms with Crippen LogP contribution >= 0.6 is 0 Å². The van der Waals surface area contributed by atoms with Crippen LogP contribution in [0.4, 0.5) is 0 Å². The molecule has 0 unspecified atom stereocenters.